The fourth-order valence-electron chi connectivity index (χ4n) is 1.54. The fraction of sp³-hybridized carbons (Fsp3) is 0.538. The van der Waals surface area contributed by atoms with Crippen LogP contribution in [0.2, 0.25) is 5.28 Å². The number of hydrogen-bond acceptors (Lipinski definition) is 6. The molecule has 0 saturated carbocycles. The normalized spacial score (nSPS) is 13.4. The maximum Gasteiger partial charge on any atom is 0.433 e. The summed E-state index contributed by atoms with van der Waals surface area (Å²) in [7, 11) is 0.979. The topological polar surface area (TPSA) is 78.4 Å². The van der Waals surface area contributed by atoms with Crippen molar-refractivity contribution in [2.24, 2.45) is 0 Å². The van der Waals surface area contributed by atoms with Gasteiger partial charge in [-0.1, -0.05) is 0 Å². The summed E-state index contributed by atoms with van der Waals surface area (Å²) in [5, 5.41) is -0.757. The average Bonchev–Trinajstić information content (AvgIpc) is 2.34. The van der Waals surface area contributed by atoms with Crippen LogP contribution < -0.4 is 0 Å². The van der Waals surface area contributed by atoms with Gasteiger partial charge in [0.1, 0.15) is 11.3 Å². The highest BCUT2D eigenvalue weighted by atomic mass is 35.5. The second kappa shape index (κ2) is 6.69. The number of methoxy groups -OCH3 is 1. The SMILES string of the molecule is COC(=O)C(C(=O)OC(C)(C)C)c1cc(C(F)(F)F)nc(Cl)n1. The zero-order chi connectivity index (χ0) is 18.0. The molecule has 0 radical (unpaired) electrons. The monoisotopic (exact) mass is 354 g/mol. The number of ether oxygens (including phenoxy) is 2. The minimum absolute atomic E-state index is 0.456. The molecule has 0 aliphatic heterocycles. The minimum Gasteiger partial charge on any atom is -0.468 e. The van der Waals surface area contributed by atoms with E-state index in [2.05, 4.69) is 14.7 Å². The van der Waals surface area contributed by atoms with E-state index in [1.165, 1.54) is 20.8 Å². The molecule has 0 aliphatic rings. The third kappa shape index (κ3) is 5.34. The van der Waals surface area contributed by atoms with Gasteiger partial charge >= 0.3 is 18.1 Å². The van der Waals surface area contributed by atoms with Gasteiger partial charge < -0.3 is 9.47 Å². The average molecular weight is 355 g/mol. The molecule has 0 fully saturated rings. The Morgan fingerprint density at radius 1 is 1.17 bits per heavy atom. The van der Waals surface area contributed by atoms with E-state index in [9.17, 15) is 22.8 Å². The Hall–Kier alpha value is -1.90. The second-order valence-corrected chi connectivity index (χ2v) is 5.77. The van der Waals surface area contributed by atoms with Crippen LogP contribution in [-0.4, -0.2) is 34.6 Å². The maximum atomic E-state index is 12.8. The molecule has 1 aromatic heterocycles. The van der Waals surface area contributed by atoms with Gasteiger partial charge in [0.15, 0.2) is 5.92 Å². The third-order valence-corrected chi connectivity index (χ3v) is 2.55. The van der Waals surface area contributed by atoms with Crippen LogP contribution in [-0.2, 0) is 25.2 Å². The van der Waals surface area contributed by atoms with Gasteiger partial charge in [-0.05, 0) is 38.4 Å². The summed E-state index contributed by atoms with van der Waals surface area (Å²) in [5.41, 5.74) is -2.91. The van der Waals surface area contributed by atoms with E-state index in [1.807, 2.05) is 0 Å². The predicted molar refractivity (Wildman–Crippen MR) is 72.6 cm³/mol. The van der Waals surface area contributed by atoms with Gasteiger partial charge in [0.25, 0.3) is 0 Å². The van der Waals surface area contributed by atoms with E-state index in [-0.39, 0.29) is 0 Å². The molecule has 6 nitrogen and oxygen atoms in total. The zero-order valence-corrected chi connectivity index (χ0v) is 13.4. The summed E-state index contributed by atoms with van der Waals surface area (Å²) < 4.78 is 47.8. The van der Waals surface area contributed by atoms with Crippen molar-refractivity contribution in [2.75, 3.05) is 7.11 Å². The molecule has 1 heterocycles. The molecule has 0 aromatic carbocycles. The van der Waals surface area contributed by atoms with Crippen molar-refractivity contribution in [2.45, 2.75) is 38.5 Å². The number of aromatic nitrogens is 2. The Balaban J connectivity index is 3.36. The first-order valence-corrected chi connectivity index (χ1v) is 6.65. The maximum absolute atomic E-state index is 12.8. The van der Waals surface area contributed by atoms with Crippen LogP contribution in [0.25, 0.3) is 0 Å². The lowest BCUT2D eigenvalue weighted by Crippen LogP contribution is -2.32. The van der Waals surface area contributed by atoms with Crippen LogP contribution in [0.3, 0.4) is 0 Å². The highest BCUT2D eigenvalue weighted by Crippen LogP contribution is 2.31. The number of halogens is 4. The first kappa shape index (κ1) is 19.1. The van der Waals surface area contributed by atoms with Crippen molar-refractivity contribution in [1.29, 1.82) is 0 Å². The Morgan fingerprint density at radius 3 is 2.17 bits per heavy atom. The van der Waals surface area contributed by atoms with E-state index < -0.39 is 46.3 Å². The lowest BCUT2D eigenvalue weighted by molar-refractivity contribution is -0.164. The lowest BCUT2D eigenvalue weighted by atomic mass is 10.0. The van der Waals surface area contributed by atoms with Crippen molar-refractivity contribution in [3.8, 4) is 0 Å². The Bertz CT molecular complexity index is 614. The molecule has 128 valence electrons. The molecule has 0 bridgehead atoms. The van der Waals surface area contributed by atoms with Crippen molar-refractivity contribution in [3.63, 3.8) is 0 Å². The van der Waals surface area contributed by atoms with Crippen LogP contribution in [0, 0.1) is 0 Å². The molecule has 0 aliphatic carbocycles. The van der Waals surface area contributed by atoms with Gasteiger partial charge in [-0.3, -0.25) is 9.59 Å². The summed E-state index contributed by atoms with van der Waals surface area (Å²) in [6.45, 7) is 4.61. The number of rotatable bonds is 3. The Morgan fingerprint density at radius 2 is 1.74 bits per heavy atom. The van der Waals surface area contributed by atoms with E-state index in [4.69, 9.17) is 16.3 Å². The molecule has 23 heavy (non-hydrogen) atoms. The van der Waals surface area contributed by atoms with Gasteiger partial charge in [-0.15, -0.1) is 0 Å². The van der Waals surface area contributed by atoms with Crippen molar-refractivity contribution in [3.05, 3.63) is 22.7 Å². The number of nitrogens with zero attached hydrogens (tertiary/aromatic N) is 2. The van der Waals surface area contributed by atoms with Crippen LogP contribution in [0.1, 0.15) is 38.1 Å². The number of alkyl halides is 3. The van der Waals surface area contributed by atoms with Gasteiger partial charge in [-0.25, -0.2) is 9.97 Å². The first-order valence-electron chi connectivity index (χ1n) is 6.27. The summed E-state index contributed by atoms with van der Waals surface area (Å²) >= 11 is 5.46. The van der Waals surface area contributed by atoms with Crippen molar-refractivity contribution < 1.29 is 32.2 Å². The number of esters is 2. The van der Waals surface area contributed by atoms with E-state index in [0.29, 0.717) is 6.07 Å². The van der Waals surface area contributed by atoms with Gasteiger partial charge in [-0.2, -0.15) is 13.2 Å². The molecule has 0 spiro atoms. The molecule has 1 aromatic rings. The van der Waals surface area contributed by atoms with Crippen LogP contribution in [0.4, 0.5) is 13.2 Å². The standard InChI is InChI=1S/C13H14ClF3N2O4/c1-12(2,3)23-10(21)8(9(20)22-4)6-5-7(13(15,16)17)19-11(14)18-6/h5,8H,1-4H3. The quantitative estimate of drug-likeness (QED) is 0.472. The van der Waals surface area contributed by atoms with Gasteiger partial charge in [0, 0.05) is 0 Å². The largest absolute Gasteiger partial charge is 0.468 e. The van der Waals surface area contributed by atoms with E-state index >= 15 is 0 Å². The molecule has 1 unspecified atom stereocenters. The molecule has 10 heteroatoms. The highest BCUT2D eigenvalue weighted by molar-refractivity contribution is 6.28. The Kier molecular flexibility index (Phi) is 5.57. The first-order chi connectivity index (χ1) is 10.3. The Labute approximate surface area is 135 Å². The van der Waals surface area contributed by atoms with Crippen LogP contribution >= 0.6 is 11.6 Å². The summed E-state index contributed by atoms with van der Waals surface area (Å²) in [4.78, 5) is 30.5. The second-order valence-electron chi connectivity index (χ2n) is 5.43. The lowest BCUT2D eigenvalue weighted by Gasteiger charge is -2.23. The molecule has 0 saturated heterocycles. The molecule has 1 atom stereocenters. The summed E-state index contributed by atoms with van der Waals surface area (Å²) in [6.07, 6.45) is -4.82. The molecule has 0 N–H and O–H groups in total. The minimum atomic E-state index is -4.82. The number of carbonyl (C=O) groups is 2. The zero-order valence-electron chi connectivity index (χ0n) is 12.7. The summed E-state index contributed by atoms with van der Waals surface area (Å²) in [5.74, 6) is -4.03. The fourth-order valence-corrected chi connectivity index (χ4v) is 1.73. The molecular formula is C13H14ClF3N2O4. The van der Waals surface area contributed by atoms with Crippen LogP contribution in [0.15, 0.2) is 6.07 Å². The van der Waals surface area contributed by atoms with Crippen molar-refractivity contribution >= 4 is 23.5 Å². The predicted octanol–water partition coefficient (Wildman–Crippen LogP) is 2.75. The third-order valence-electron chi connectivity index (χ3n) is 2.38. The number of hydrogen-bond donors (Lipinski definition) is 0. The smallest absolute Gasteiger partial charge is 0.433 e. The summed E-state index contributed by atoms with van der Waals surface area (Å²) in [6, 6.07) is 0.456. The molecular weight excluding hydrogens is 341 g/mol. The molecule has 1 rings (SSSR count). The van der Waals surface area contributed by atoms with E-state index in [1.54, 1.807) is 0 Å². The van der Waals surface area contributed by atoms with E-state index in [0.717, 1.165) is 7.11 Å². The van der Waals surface area contributed by atoms with Gasteiger partial charge in [0.05, 0.1) is 12.8 Å². The van der Waals surface area contributed by atoms with Gasteiger partial charge in [0.2, 0.25) is 5.28 Å². The number of carbonyl (C=O) groups excluding carboxylic acids is 2. The molecule has 0 amide bonds. The van der Waals surface area contributed by atoms with Crippen LogP contribution in [0.5, 0.6) is 0 Å². The highest BCUT2D eigenvalue weighted by Gasteiger charge is 2.39. The van der Waals surface area contributed by atoms with Crippen molar-refractivity contribution in [1.82, 2.24) is 9.97 Å².